The van der Waals surface area contributed by atoms with E-state index in [-0.39, 0.29) is 0 Å². The second-order valence-electron chi connectivity index (χ2n) is 4.98. The van der Waals surface area contributed by atoms with Gasteiger partial charge in [0.2, 0.25) is 0 Å². The third-order valence-corrected chi connectivity index (χ3v) is 7.79. The summed E-state index contributed by atoms with van der Waals surface area (Å²) in [5.74, 6) is 5.28. The van der Waals surface area contributed by atoms with Crippen LogP contribution in [0.25, 0.3) is 0 Å². The Kier molecular flexibility index (Phi) is 3.47. The van der Waals surface area contributed by atoms with Gasteiger partial charge in [-0.15, -0.1) is 0 Å². The average molecular weight is 344 g/mol. The maximum absolute atomic E-state index is 6.03. The molecule has 1 aliphatic rings. The molecule has 0 amide bonds. The summed E-state index contributed by atoms with van der Waals surface area (Å²) in [7, 11) is 0. The van der Waals surface area contributed by atoms with E-state index in [1.54, 1.807) is 0 Å². The first-order valence-electron chi connectivity index (χ1n) is 7.14. The summed E-state index contributed by atoms with van der Waals surface area (Å²) in [6.07, 6.45) is 0. The van der Waals surface area contributed by atoms with E-state index in [0.717, 1.165) is 17.1 Å². The van der Waals surface area contributed by atoms with Crippen LogP contribution in [0.5, 0.6) is 11.5 Å². The van der Waals surface area contributed by atoms with Gasteiger partial charge < -0.3 is 0 Å². The molecule has 0 N–H and O–H groups in total. The third kappa shape index (κ3) is 2.43. The van der Waals surface area contributed by atoms with E-state index in [2.05, 4.69) is 47.0 Å². The summed E-state index contributed by atoms with van der Waals surface area (Å²) in [5, 5.41) is 0. The molecule has 4 rings (SSSR count). The Bertz CT molecular complexity index is 829. The second-order valence-corrected chi connectivity index (χ2v) is 8.87. The first-order valence-corrected chi connectivity index (χ1v) is 9.96. The monoisotopic (exact) mass is 344 g/mol. The van der Waals surface area contributed by atoms with Crippen LogP contribution < -0.4 is 13.4 Å². The number of fused-ring (bicyclic) bond motifs is 2. The zero-order valence-corrected chi connectivity index (χ0v) is 13.7. The molecule has 1 aliphatic heterocycles. The second kappa shape index (κ2) is 5.76. The molecule has 0 fully saturated rings. The molecular weight excluding hydrogens is 331 g/mol. The molecule has 0 saturated heterocycles. The van der Waals surface area contributed by atoms with Gasteiger partial charge in [0.05, 0.1) is 0 Å². The molecular formula is C20H13AsO. The van der Waals surface area contributed by atoms with Crippen LogP contribution >= 0.6 is 0 Å². The Hall–Kier alpha value is -2.42. The summed E-state index contributed by atoms with van der Waals surface area (Å²) >= 11 is -1.66. The maximum atomic E-state index is 6.03. The molecule has 0 unspecified atom stereocenters. The Balaban J connectivity index is 1.83. The van der Waals surface area contributed by atoms with Gasteiger partial charge in [-0.25, -0.2) is 0 Å². The minimum atomic E-state index is -1.66. The number of hydrogen-bond donors (Lipinski definition) is 0. The van der Waals surface area contributed by atoms with Crippen LogP contribution in [-0.4, -0.2) is 14.7 Å². The zero-order valence-electron chi connectivity index (χ0n) is 11.9. The van der Waals surface area contributed by atoms with Crippen molar-refractivity contribution in [1.82, 2.24) is 0 Å². The molecule has 104 valence electrons. The molecule has 0 bridgehead atoms. The Morgan fingerprint density at radius 2 is 1.18 bits per heavy atom. The van der Waals surface area contributed by atoms with E-state index in [1.807, 2.05) is 42.5 Å². The molecule has 0 aliphatic carbocycles. The van der Waals surface area contributed by atoms with Crippen molar-refractivity contribution < 1.29 is 4.74 Å². The summed E-state index contributed by atoms with van der Waals surface area (Å²) in [6.45, 7) is 0. The molecule has 3 aromatic rings. The van der Waals surface area contributed by atoms with Gasteiger partial charge >= 0.3 is 135 Å². The van der Waals surface area contributed by atoms with E-state index in [0.29, 0.717) is 0 Å². The molecule has 1 heterocycles. The normalized spacial score (nSPS) is 12.4. The molecule has 1 nitrogen and oxygen atoms in total. The van der Waals surface area contributed by atoms with Crippen molar-refractivity contribution in [3.05, 3.63) is 84.4 Å². The van der Waals surface area contributed by atoms with E-state index < -0.39 is 14.7 Å². The third-order valence-electron chi connectivity index (χ3n) is 3.52. The van der Waals surface area contributed by atoms with Crippen LogP contribution in [0.2, 0.25) is 0 Å². The van der Waals surface area contributed by atoms with Gasteiger partial charge in [0.25, 0.3) is 0 Å². The summed E-state index contributed by atoms with van der Waals surface area (Å²) in [4.78, 5) is 0. The van der Waals surface area contributed by atoms with E-state index in [4.69, 9.17) is 4.74 Å². The van der Waals surface area contributed by atoms with Crippen molar-refractivity contribution in [3.63, 3.8) is 0 Å². The quantitative estimate of drug-likeness (QED) is 0.450. The SMILES string of the molecule is C(#C[As]1c2ccccc2Oc2ccccc21)c1ccccc1. The van der Waals surface area contributed by atoms with Crippen LogP contribution in [0.3, 0.4) is 0 Å². The van der Waals surface area contributed by atoms with Gasteiger partial charge in [0.15, 0.2) is 0 Å². The Morgan fingerprint density at radius 3 is 1.82 bits per heavy atom. The minimum absolute atomic E-state index is 0.962. The summed E-state index contributed by atoms with van der Waals surface area (Å²) in [6, 6.07) is 26.8. The number of hydrogen-bond acceptors (Lipinski definition) is 1. The van der Waals surface area contributed by atoms with Crippen molar-refractivity contribution in [2.24, 2.45) is 0 Å². The fraction of sp³-hybridized carbons (Fsp3) is 0. The summed E-state index contributed by atoms with van der Waals surface area (Å²) in [5.41, 5.74) is 1.07. The van der Waals surface area contributed by atoms with Gasteiger partial charge in [-0.1, -0.05) is 0 Å². The predicted molar refractivity (Wildman–Crippen MR) is 91.3 cm³/mol. The first kappa shape index (κ1) is 13.3. The number of rotatable bonds is 0. The molecule has 0 spiro atoms. The van der Waals surface area contributed by atoms with Crippen LogP contribution in [0, 0.1) is 10.6 Å². The van der Waals surface area contributed by atoms with Crippen LogP contribution in [0.1, 0.15) is 5.56 Å². The standard InChI is InChI=1S/C20H13AsO/c1-2-8-16(9-3-1)14-15-21-17-10-4-6-12-19(17)22-20-13-7-5-11-18(20)21/h1-13H. The van der Waals surface area contributed by atoms with Gasteiger partial charge in [0.1, 0.15) is 0 Å². The van der Waals surface area contributed by atoms with Crippen LogP contribution in [-0.2, 0) is 0 Å². The molecule has 0 atom stereocenters. The van der Waals surface area contributed by atoms with Crippen molar-refractivity contribution in [2.75, 3.05) is 0 Å². The zero-order chi connectivity index (χ0) is 14.8. The molecule has 0 saturated carbocycles. The molecule has 0 radical (unpaired) electrons. The summed E-state index contributed by atoms with van der Waals surface area (Å²) < 4.78 is 12.1. The fourth-order valence-corrected chi connectivity index (χ4v) is 6.44. The molecule has 0 aromatic heterocycles. The van der Waals surface area contributed by atoms with Crippen molar-refractivity contribution in [2.45, 2.75) is 0 Å². The topological polar surface area (TPSA) is 9.23 Å². The average Bonchev–Trinajstić information content (AvgIpc) is 2.59. The predicted octanol–water partition coefficient (Wildman–Crippen LogP) is 2.99. The Labute approximate surface area is 134 Å². The van der Waals surface area contributed by atoms with E-state index >= 15 is 0 Å². The van der Waals surface area contributed by atoms with Crippen LogP contribution in [0.15, 0.2) is 78.9 Å². The number of benzene rings is 3. The fourth-order valence-electron chi connectivity index (χ4n) is 2.47. The molecule has 3 aromatic carbocycles. The van der Waals surface area contributed by atoms with E-state index in [9.17, 15) is 0 Å². The van der Waals surface area contributed by atoms with Crippen LogP contribution in [0.4, 0.5) is 0 Å². The van der Waals surface area contributed by atoms with Crippen molar-refractivity contribution in [1.29, 1.82) is 0 Å². The van der Waals surface area contributed by atoms with Gasteiger partial charge in [0, 0.05) is 0 Å². The Morgan fingerprint density at radius 1 is 0.636 bits per heavy atom. The van der Waals surface area contributed by atoms with Gasteiger partial charge in [-0.3, -0.25) is 0 Å². The number of ether oxygens (including phenoxy) is 1. The first-order chi connectivity index (χ1) is 10.9. The van der Waals surface area contributed by atoms with Gasteiger partial charge in [-0.05, 0) is 0 Å². The van der Waals surface area contributed by atoms with Crippen molar-refractivity contribution in [3.8, 4) is 22.1 Å². The van der Waals surface area contributed by atoms with E-state index in [1.165, 1.54) is 8.70 Å². The van der Waals surface area contributed by atoms with Gasteiger partial charge in [-0.2, -0.15) is 0 Å². The molecule has 22 heavy (non-hydrogen) atoms. The molecule has 2 heteroatoms. The number of para-hydroxylation sites is 2. The van der Waals surface area contributed by atoms with Crippen molar-refractivity contribution >= 4 is 23.4 Å².